The Morgan fingerprint density at radius 1 is 0.817 bits per heavy atom. The standard InChI is InChI=1S/C32H27N2O.C22H26NSi.Ir/c1-32(2,24-10-6-7-11-24)25-16-17-34-28(19-25)26-14-13-23(20-33)30-27-15-12-22(18-29(27)35-31(26)30)21-8-4-3-5-9-21;1-16(2)13-18-14-21(23-15-22(18)24(3,4)5)20-12-8-10-17-9-6-7-11-19(17)20;/h3-5,8-9,12-13,15-19,24H,6-7,10-11H2,1-2H3;6-11,14-16H,13H2,1-5H3;/q2*-1;. The summed E-state index contributed by atoms with van der Waals surface area (Å²) in [5, 5.41) is 15.6. The third kappa shape index (κ3) is 8.68. The summed E-state index contributed by atoms with van der Waals surface area (Å²) in [6, 6.07) is 46.6. The molecule has 0 spiro atoms. The molecule has 1 aliphatic carbocycles. The van der Waals surface area contributed by atoms with Gasteiger partial charge >= 0.3 is 0 Å². The van der Waals surface area contributed by atoms with Crippen molar-refractivity contribution in [3.8, 4) is 39.7 Å². The van der Waals surface area contributed by atoms with E-state index in [9.17, 15) is 5.26 Å². The zero-order valence-corrected chi connectivity index (χ0v) is 39.2. The molecule has 1 saturated carbocycles. The number of rotatable bonds is 8. The van der Waals surface area contributed by atoms with E-state index in [1.807, 2.05) is 30.5 Å². The molecule has 0 atom stereocenters. The van der Waals surface area contributed by atoms with Crippen LogP contribution in [0, 0.1) is 35.3 Å². The van der Waals surface area contributed by atoms with Crippen LogP contribution < -0.4 is 5.19 Å². The number of pyridine rings is 2. The second-order valence-corrected chi connectivity index (χ2v) is 23.3. The largest absolute Gasteiger partial charge is 0.501 e. The van der Waals surface area contributed by atoms with Gasteiger partial charge in [-0.05, 0) is 92.9 Å². The van der Waals surface area contributed by atoms with Crippen LogP contribution in [0.1, 0.15) is 70.1 Å². The number of nitrogens with zero attached hydrogens (tertiary/aromatic N) is 3. The van der Waals surface area contributed by atoms with Crippen LogP contribution in [-0.2, 0) is 31.9 Å². The first kappa shape index (κ1) is 42.9. The van der Waals surface area contributed by atoms with Crippen LogP contribution in [0.25, 0.3) is 66.4 Å². The molecule has 0 bridgehead atoms. The fourth-order valence-electron chi connectivity index (χ4n) is 9.05. The molecule has 3 heterocycles. The van der Waals surface area contributed by atoms with Crippen molar-refractivity contribution < 1.29 is 24.5 Å². The molecule has 3 aromatic heterocycles. The van der Waals surface area contributed by atoms with Gasteiger partial charge in [-0.15, -0.1) is 41.3 Å². The summed E-state index contributed by atoms with van der Waals surface area (Å²) in [7, 11) is -1.39. The van der Waals surface area contributed by atoms with Gasteiger partial charge in [0.25, 0.3) is 0 Å². The fourth-order valence-corrected chi connectivity index (χ4v) is 10.6. The van der Waals surface area contributed by atoms with Gasteiger partial charge in [-0.1, -0.05) is 156 Å². The fraction of sp³-hybridized carbons (Fsp3) is 0.278. The van der Waals surface area contributed by atoms with E-state index in [1.165, 1.54) is 52.8 Å². The summed E-state index contributed by atoms with van der Waals surface area (Å²) in [5.74, 6) is 1.33. The van der Waals surface area contributed by atoms with Crippen LogP contribution >= 0.6 is 0 Å². The van der Waals surface area contributed by atoms with E-state index >= 15 is 0 Å². The monoisotopic (exact) mass is 980 g/mol. The van der Waals surface area contributed by atoms with Crippen molar-refractivity contribution in [1.29, 1.82) is 5.26 Å². The van der Waals surface area contributed by atoms with Gasteiger partial charge in [0, 0.05) is 44.0 Å². The Bertz CT molecular complexity index is 2820. The molecule has 4 nitrogen and oxygen atoms in total. The number of hydrogen-bond donors (Lipinski definition) is 0. The zero-order chi connectivity index (χ0) is 41.3. The molecule has 0 saturated heterocycles. The van der Waals surface area contributed by atoms with Crippen molar-refractivity contribution >= 4 is 46.0 Å². The summed E-state index contributed by atoms with van der Waals surface area (Å²) in [4.78, 5) is 9.55. The van der Waals surface area contributed by atoms with Gasteiger partial charge in [0.15, 0.2) is 0 Å². The van der Waals surface area contributed by atoms with Gasteiger partial charge in [0.1, 0.15) is 5.58 Å². The maximum absolute atomic E-state index is 9.85. The third-order valence-electron chi connectivity index (χ3n) is 12.3. The Kier molecular flexibility index (Phi) is 12.7. The maximum Gasteiger partial charge on any atom is 0.121 e. The van der Waals surface area contributed by atoms with Crippen LogP contribution in [0.5, 0.6) is 0 Å². The van der Waals surface area contributed by atoms with Gasteiger partial charge in [-0.25, -0.2) is 5.26 Å². The molecule has 1 aliphatic rings. The van der Waals surface area contributed by atoms with Crippen molar-refractivity contribution in [3.63, 3.8) is 0 Å². The second kappa shape index (κ2) is 17.8. The van der Waals surface area contributed by atoms with E-state index in [-0.39, 0.29) is 25.5 Å². The van der Waals surface area contributed by atoms with Gasteiger partial charge in [-0.2, -0.15) is 0 Å². The average Bonchev–Trinajstić information content (AvgIpc) is 3.93. The average molecular weight is 980 g/mol. The third-order valence-corrected chi connectivity index (χ3v) is 14.4. The summed E-state index contributed by atoms with van der Waals surface area (Å²) < 4.78 is 6.45. The van der Waals surface area contributed by atoms with Crippen molar-refractivity contribution in [1.82, 2.24) is 9.97 Å². The predicted molar refractivity (Wildman–Crippen MR) is 248 cm³/mol. The predicted octanol–water partition coefficient (Wildman–Crippen LogP) is 13.9. The Hall–Kier alpha value is -5.18. The molecule has 305 valence electrons. The molecule has 5 aromatic carbocycles. The quantitative estimate of drug-likeness (QED) is 0.112. The Balaban J connectivity index is 0.000000192. The Labute approximate surface area is 370 Å². The van der Waals surface area contributed by atoms with E-state index in [0.29, 0.717) is 23.0 Å². The SMILES string of the molecule is CC(C)(c1ccnc(-c2[c-]cc(C#N)c3c2oc2cc(-c4ccccc4)ccc23)c1)C1CCCC1.CC(C)Cc1cc(-c2[c-]ccc3ccccc23)ncc1[Si](C)(C)C.[Ir]. The number of benzene rings is 5. The molecule has 0 amide bonds. The number of furan rings is 1. The number of fused-ring (bicyclic) bond motifs is 4. The number of nitriles is 1. The Morgan fingerprint density at radius 2 is 1.55 bits per heavy atom. The summed E-state index contributed by atoms with van der Waals surface area (Å²) in [6.45, 7) is 16.5. The summed E-state index contributed by atoms with van der Waals surface area (Å²) in [6.07, 6.45) is 10.3. The maximum atomic E-state index is 9.85. The first-order chi connectivity index (χ1) is 28.4. The smallest absolute Gasteiger partial charge is 0.121 e. The Morgan fingerprint density at radius 3 is 2.28 bits per heavy atom. The molecule has 9 rings (SSSR count). The van der Waals surface area contributed by atoms with Crippen molar-refractivity contribution in [2.24, 2.45) is 11.8 Å². The molecule has 0 unspecified atom stereocenters. The minimum absolute atomic E-state index is 0. The molecular formula is C54H53IrN3OSi-2. The van der Waals surface area contributed by atoms with E-state index in [2.05, 4.69) is 151 Å². The molecule has 0 N–H and O–H groups in total. The summed E-state index contributed by atoms with van der Waals surface area (Å²) in [5.41, 5.74) is 10.9. The van der Waals surface area contributed by atoms with E-state index in [0.717, 1.165) is 56.4 Å². The van der Waals surface area contributed by atoms with Gasteiger partial charge in [-0.3, -0.25) is 0 Å². The van der Waals surface area contributed by atoms with Crippen molar-refractivity contribution in [2.45, 2.75) is 84.9 Å². The van der Waals surface area contributed by atoms with Crippen molar-refractivity contribution in [3.05, 3.63) is 150 Å². The first-order valence-electron chi connectivity index (χ1n) is 21.1. The minimum atomic E-state index is -1.39. The molecule has 60 heavy (non-hydrogen) atoms. The van der Waals surface area contributed by atoms with E-state index < -0.39 is 8.07 Å². The van der Waals surface area contributed by atoms with Crippen molar-refractivity contribution in [2.75, 3.05) is 0 Å². The minimum Gasteiger partial charge on any atom is -0.501 e. The van der Waals surface area contributed by atoms with Gasteiger partial charge in [0.05, 0.1) is 13.7 Å². The molecule has 6 heteroatoms. The van der Waals surface area contributed by atoms with Crippen LogP contribution in [0.4, 0.5) is 0 Å². The van der Waals surface area contributed by atoms with Crippen LogP contribution in [0.2, 0.25) is 19.6 Å². The first-order valence-corrected chi connectivity index (χ1v) is 24.6. The van der Waals surface area contributed by atoms with Crippen LogP contribution in [-0.4, -0.2) is 18.0 Å². The van der Waals surface area contributed by atoms with Crippen LogP contribution in [0.3, 0.4) is 0 Å². The summed E-state index contributed by atoms with van der Waals surface area (Å²) >= 11 is 0. The van der Waals surface area contributed by atoms with Gasteiger partial charge in [0.2, 0.25) is 0 Å². The van der Waals surface area contributed by atoms with E-state index in [4.69, 9.17) is 14.4 Å². The van der Waals surface area contributed by atoms with Gasteiger partial charge < -0.3 is 14.4 Å². The topological polar surface area (TPSA) is 62.7 Å². The van der Waals surface area contributed by atoms with Crippen LogP contribution in [0.15, 0.2) is 126 Å². The molecule has 1 radical (unpaired) electrons. The number of aromatic nitrogens is 2. The molecular weight excluding hydrogens is 927 g/mol. The normalized spacial score (nSPS) is 13.3. The zero-order valence-electron chi connectivity index (χ0n) is 35.8. The molecule has 0 aliphatic heterocycles. The molecule has 1 fully saturated rings. The second-order valence-electron chi connectivity index (χ2n) is 18.2. The molecule has 8 aromatic rings. The number of hydrogen-bond acceptors (Lipinski definition) is 4. The van der Waals surface area contributed by atoms with E-state index in [1.54, 1.807) is 6.07 Å².